The van der Waals surface area contributed by atoms with Gasteiger partial charge in [-0.15, -0.1) is 0 Å². The van der Waals surface area contributed by atoms with E-state index < -0.39 is 10.2 Å². The zero-order valence-electron chi connectivity index (χ0n) is 12.2. The highest BCUT2D eigenvalue weighted by atomic mass is 32.2. The van der Waals surface area contributed by atoms with Crippen LogP contribution in [0.15, 0.2) is 0 Å². The maximum atomic E-state index is 12.3. The molecule has 18 heavy (non-hydrogen) atoms. The highest BCUT2D eigenvalue weighted by Crippen LogP contribution is 2.48. The zero-order chi connectivity index (χ0) is 13.8. The Morgan fingerprint density at radius 3 is 2.00 bits per heavy atom. The molecule has 0 radical (unpaired) electrons. The van der Waals surface area contributed by atoms with Gasteiger partial charge in [0.15, 0.2) is 5.78 Å². The Morgan fingerprint density at radius 1 is 0.944 bits per heavy atom. The van der Waals surface area contributed by atoms with Crippen molar-refractivity contribution in [3.05, 3.63) is 0 Å². The number of hydrogen-bond donors (Lipinski definition) is 0. The van der Waals surface area contributed by atoms with E-state index in [1.165, 1.54) is 43.9 Å². The molecule has 0 saturated carbocycles. The molecule has 1 aliphatic heterocycles. The van der Waals surface area contributed by atoms with Gasteiger partial charge in [-0.2, -0.15) is 0 Å². The molecule has 0 N–H and O–H groups in total. The summed E-state index contributed by atoms with van der Waals surface area (Å²) in [4.78, 5) is 24.1. The van der Waals surface area contributed by atoms with Crippen LogP contribution in [0.3, 0.4) is 0 Å². The highest BCUT2D eigenvalue weighted by Gasteiger charge is 2.55. The lowest BCUT2D eigenvalue weighted by molar-refractivity contribution is -0.133. The fourth-order valence-electron chi connectivity index (χ4n) is 2.54. The van der Waals surface area contributed by atoms with E-state index in [2.05, 4.69) is 6.92 Å². The second-order valence-corrected chi connectivity index (χ2v) is 7.57. The maximum absolute atomic E-state index is 12.3. The van der Waals surface area contributed by atoms with Crippen molar-refractivity contribution in [2.24, 2.45) is 5.41 Å². The van der Waals surface area contributed by atoms with E-state index in [1.807, 2.05) is 6.92 Å². The van der Waals surface area contributed by atoms with Gasteiger partial charge >= 0.3 is 0 Å². The minimum atomic E-state index is -0.776. The summed E-state index contributed by atoms with van der Waals surface area (Å²) in [5.41, 5.74) is -0.776. The third-order valence-electron chi connectivity index (χ3n) is 3.88. The Bertz CT molecular complexity index is 322. The monoisotopic (exact) mass is 270 g/mol. The quantitative estimate of drug-likeness (QED) is 0.509. The van der Waals surface area contributed by atoms with Crippen molar-refractivity contribution in [3.63, 3.8) is 0 Å². The number of thioether (sulfide) groups is 1. The van der Waals surface area contributed by atoms with Gasteiger partial charge in [-0.3, -0.25) is 9.59 Å². The van der Waals surface area contributed by atoms with Crippen LogP contribution in [0.2, 0.25) is 0 Å². The minimum Gasteiger partial charge on any atom is -0.297 e. The van der Waals surface area contributed by atoms with E-state index in [0.29, 0.717) is 0 Å². The molecule has 0 aromatic carbocycles. The van der Waals surface area contributed by atoms with Crippen molar-refractivity contribution < 1.29 is 9.59 Å². The number of carbonyl (C=O) groups is 2. The average Bonchev–Trinajstić information content (AvgIpc) is 2.46. The summed E-state index contributed by atoms with van der Waals surface area (Å²) >= 11 is 1.26. The normalized spacial score (nSPS) is 26.9. The van der Waals surface area contributed by atoms with Crippen LogP contribution in [-0.2, 0) is 9.59 Å². The van der Waals surface area contributed by atoms with Gasteiger partial charge in [0.2, 0.25) is 5.12 Å². The van der Waals surface area contributed by atoms with Gasteiger partial charge in [0.05, 0.1) is 10.2 Å². The maximum Gasteiger partial charge on any atom is 0.202 e. The predicted octanol–water partition coefficient (Wildman–Crippen LogP) is 4.36. The molecule has 0 unspecified atom stereocenters. The third-order valence-corrected chi connectivity index (χ3v) is 5.42. The van der Waals surface area contributed by atoms with Gasteiger partial charge in [0, 0.05) is 0 Å². The van der Waals surface area contributed by atoms with Gasteiger partial charge in [0.25, 0.3) is 0 Å². The number of unbranched alkanes of at least 4 members (excludes halogenated alkanes) is 5. The molecule has 1 saturated heterocycles. The number of rotatable bonds is 7. The first-order chi connectivity index (χ1) is 8.34. The van der Waals surface area contributed by atoms with Crippen LogP contribution >= 0.6 is 11.8 Å². The van der Waals surface area contributed by atoms with Gasteiger partial charge in [-0.05, 0) is 27.2 Å². The van der Waals surface area contributed by atoms with Crippen LogP contribution in [0.1, 0.15) is 72.6 Å². The lowest BCUT2D eigenvalue weighted by atomic mass is 9.81. The summed E-state index contributed by atoms with van der Waals surface area (Å²) in [5, 5.41) is 0.0426. The SMILES string of the molecule is CCCCCCCC[C@@]1(C)SC(=O)C(C)(C)C1=O. The Kier molecular flexibility index (Phi) is 5.45. The summed E-state index contributed by atoms with van der Waals surface area (Å²) in [6.45, 7) is 7.68. The van der Waals surface area contributed by atoms with Crippen LogP contribution in [0.25, 0.3) is 0 Å². The molecule has 104 valence electrons. The van der Waals surface area contributed by atoms with E-state index in [-0.39, 0.29) is 10.9 Å². The fourth-order valence-corrected chi connectivity index (χ4v) is 3.89. The first kappa shape index (κ1) is 15.7. The minimum absolute atomic E-state index is 0.0426. The van der Waals surface area contributed by atoms with Crippen LogP contribution in [0.5, 0.6) is 0 Å². The number of carbonyl (C=O) groups excluding carboxylic acids is 2. The molecular formula is C15H26O2S. The summed E-state index contributed by atoms with van der Waals surface area (Å²) in [6, 6.07) is 0. The smallest absolute Gasteiger partial charge is 0.202 e. The standard InChI is InChI=1S/C15H26O2S/c1-5-6-7-8-9-10-11-15(4)12(16)14(2,3)13(17)18-15/h5-11H2,1-4H3/t15-/m1/s1. The van der Waals surface area contributed by atoms with E-state index in [1.54, 1.807) is 13.8 Å². The molecule has 0 aromatic heterocycles. The summed E-state index contributed by atoms with van der Waals surface area (Å²) in [5.74, 6) is 0.124. The Hall–Kier alpha value is -0.310. The van der Waals surface area contributed by atoms with Crippen LogP contribution < -0.4 is 0 Å². The first-order valence-corrected chi connectivity index (χ1v) is 7.94. The van der Waals surface area contributed by atoms with Crippen molar-refractivity contribution in [2.75, 3.05) is 0 Å². The van der Waals surface area contributed by atoms with Crippen molar-refractivity contribution in [1.29, 1.82) is 0 Å². The van der Waals surface area contributed by atoms with Crippen molar-refractivity contribution in [2.45, 2.75) is 77.4 Å². The van der Waals surface area contributed by atoms with E-state index in [4.69, 9.17) is 0 Å². The topological polar surface area (TPSA) is 34.1 Å². The Balaban J connectivity index is 2.38. The van der Waals surface area contributed by atoms with Crippen molar-refractivity contribution >= 4 is 22.7 Å². The molecule has 0 aliphatic carbocycles. The summed E-state index contributed by atoms with van der Waals surface area (Å²) in [7, 11) is 0. The van der Waals surface area contributed by atoms with Crippen LogP contribution in [0, 0.1) is 5.41 Å². The Morgan fingerprint density at radius 2 is 1.50 bits per heavy atom. The second-order valence-electron chi connectivity index (χ2n) is 6.09. The summed E-state index contributed by atoms with van der Waals surface area (Å²) in [6.07, 6.45) is 8.18. The van der Waals surface area contributed by atoms with Crippen LogP contribution in [-0.4, -0.2) is 15.6 Å². The van der Waals surface area contributed by atoms with E-state index in [9.17, 15) is 9.59 Å². The molecule has 1 aliphatic rings. The molecule has 3 heteroatoms. The number of hydrogen-bond acceptors (Lipinski definition) is 3. The molecule has 1 atom stereocenters. The largest absolute Gasteiger partial charge is 0.297 e. The predicted molar refractivity (Wildman–Crippen MR) is 77.8 cm³/mol. The number of Topliss-reactive ketones (excluding diaryl/α,β-unsaturated/α-hetero) is 1. The molecule has 0 bridgehead atoms. The molecule has 1 fully saturated rings. The van der Waals surface area contributed by atoms with E-state index >= 15 is 0 Å². The molecule has 2 nitrogen and oxygen atoms in total. The van der Waals surface area contributed by atoms with Gasteiger partial charge in [-0.25, -0.2) is 0 Å². The second kappa shape index (κ2) is 6.23. The third kappa shape index (κ3) is 3.37. The molecule has 1 rings (SSSR count). The molecular weight excluding hydrogens is 244 g/mol. The lowest BCUT2D eigenvalue weighted by Crippen LogP contribution is -2.35. The molecule has 1 heterocycles. The average molecular weight is 270 g/mol. The van der Waals surface area contributed by atoms with Gasteiger partial charge in [0.1, 0.15) is 0 Å². The molecule has 0 aromatic rings. The van der Waals surface area contributed by atoms with Gasteiger partial charge in [-0.1, -0.05) is 57.2 Å². The zero-order valence-corrected chi connectivity index (χ0v) is 13.0. The summed E-state index contributed by atoms with van der Waals surface area (Å²) < 4.78 is -0.467. The fraction of sp³-hybridized carbons (Fsp3) is 0.867. The van der Waals surface area contributed by atoms with Crippen molar-refractivity contribution in [3.8, 4) is 0 Å². The lowest BCUT2D eigenvalue weighted by Gasteiger charge is -2.22. The molecule has 0 spiro atoms. The highest BCUT2D eigenvalue weighted by molar-refractivity contribution is 8.16. The molecule has 0 amide bonds. The van der Waals surface area contributed by atoms with E-state index in [0.717, 1.165) is 12.8 Å². The van der Waals surface area contributed by atoms with Crippen molar-refractivity contribution in [1.82, 2.24) is 0 Å². The van der Waals surface area contributed by atoms with Gasteiger partial charge < -0.3 is 0 Å². The number of ketones is 1. The first-order valence-electron chi connectivity index (χ1n) is 7.13. The van der Waals surface area contributed by atoms with Crippen LogP contribution in [0.4, 0.5) is 0 Å². The Labute approximate surface area is 115 Å².